The summed E-state index contributed by atoms with van der Waals surface area (Å²) in [6.45, 7) is -0.507. The van der Waals surface area contributed by atoms with E-state index in [2.05, 4.69) is 21.2 Å². The molecular formula is C16H15BrF2N2O2. The molecule has 0 saturated heterocycles. The monoisotopic (exact) mass is 384 g/mol. The van der Waals surface area contributed by atoms with E-state index >= 15 is 0 Å². The number of benzene rings is 1. The Kier molecular flexibility index (Phi) is 4.01. The molecule has 2 N–H and O–H groups in total. The molecule has 4 nitrogen and oxygen atoms in total. The first-order valence-electron chi connectivity index (χ1n) is 7.08. The van der Waals surface area contributed by atoms with Gasteiger partial charge in [-0.3, -0.25) is 4.79 Å². The summed E-state index contributed by atoms with van der Waals surface area (Å²) in [5, 5.41) is 11.9. The van der Waals surface area contributed by atoms with E-state index < -0.39 is 36.8 Å². The van der Waals surface area contributed by atoms with E-state index in [-0.39, 0.29) is 0 Å². The van der Waals surface area contributed by atoms with Crippen molar-refractivity contribution in [1.29, 1.82) is 0 Å². The van der Waals surface area contributed by atoms with Crippen molar-refractivity contribution < 1.29 is 18.7 Å². The Labute approximate surface area is 140 Å². The van der Waals surface area contributed by atoms with Crippen LogP contribution in [-0.2, 0) is 0 Å². The molecule has 0 unspecified atom stereocenters. The van der Waals surface area contributed by atoms with Crippen molar-refractivity contribution in [3.63, 3.8) is 0 Å². The van der Waals surface area contributed by atoms with Crippen LogP contribution in [0.2, 0.25) is 0 Å². The molecule has 3 rings (SSSR count). The number of halogens is 3. The maximum atomic E-state index is 13.1. The minimum absolute atomic E-state index is 0.339. The van der Waals surface area contributed by atoms with Gasteiger partial charge in [-0.15, -0.1) is 0 Å². The van der Waals surface area contributed by atoms with Gasteiger partial charge in [0.15, 0.2) is 0 Å². The summed E-state index contributed by atoms with van der Waals surface area (Å²) in [7, 11) is 0. The normalized spacial score (nSPS) is 18.3. The molecule has 1 aliphatic rings. The first-order valence-corrected chi connectivity index (χ1v) is 7.87. The van der Waals surface area contributed by atoms with Crippen molar-refractivity contribution in [3.05, 3.63) is 52.8 Å². The van der Waals surface area contributed by atoms with Crippen LogP contribution in [0.3, 0.4) is 0 Å². The van der Waals surface area contributed by atoms with Crippen LogP contribution in [0.1, 0.15) is 23.2 Å². The summed E-state index contributed by atoms with van der Waals surface area (Å²) in [6.07, 6.45) is 2.59. The molecule has 0 spiro atoms. The third-order valence-corrected chi connectivity index (χ3v) is 4.38. The minimum Gasteiger partial charge on any atom is -0.394 e. The molecule has 1 saturated carbocycles. The number of rotatable bonds is 4. The fourth-order valence-corrected chi connectivity index (χ4v) is 3.33. The SMILES string of the molecule is O=C(NC1(CO)CC(F)(F)C1)c1cc(Br)cc(-n2cccc2)c1. The molecule has 1 aromatic heterocycles. The first-order chi connectivity index (χ1) is 10.8. The summed E-state index contributed by atoms with van der Waals surface area (Å²) in [4.78, 5) is 12.4. The van der Waals surface area contributed by atoms with Gasteiger partial charge in [0.1, 0.15) is 0 Å². The lowest BCUT2D eigenvalue weighted by Gasteiger charge is -2.46. The molecule has 23 heavy (non-hydrogen) atoms. The third kappa shape index (κ3) is 3.30. The number of hydrogen-bond acceptors (Lipinski definition) is 2. The average molecular weight is 385 g/mol. The Bertz CT molecular complexity index is 724. The zero-order chi connectivity index (χ0) is 16.7. The van der Waals surface area contributed by atoms with Crippen LogP contribution in [0.4, 0.5) is 8.78 Å². The largest absolute Gasteiger partial charge is 0.394 e. The molecule has 1 aliphatic carbocycles. The Morgan fingerprint density at radius 3 is 2.48 bits per heavy atom. The number of nitrogens with zero attached hydrogens (tertiary/aromatic N) is 1. The quantitative estimate of drug-likeness (QED) is 0.850. The van der Waals surface area contributed by atoms with Crippen LogP contribution in [0.25, 0.3) is 5.69 Å². The Morgan fingerprint density at radius 1 is 1.26 bits per heavy atom. The highest BCUT2D eigenvalue weighted by molar-refractivity contribution is 9.10. The number of alkyl halides is 2. The van der Waals surface area contributed by atoms with Crippen molar-refractivity contribution in [1.82, 2.24) is 9.88 Å². The summed E-state index contributed by atoms with van der Waals surface area (Å²) >= 11 is 3.35. The summed E-state index contributed by atoms with van der Waals surface area (Å²) in [5.41, 5.74) is -0.131. The highest BCUT2D eigenvalue weighted by atomic mass is 79.9. The first kappa shape index (κ1) is 16.1. The lowest BCUT2D eigenvalue weighted by molar-refractivity contribution is -0.143. The smallest absolute Gasteiger partial charge is 0.252 e. The van der Waals surface area contributed by atoms with E-state index in [4.69, 9.17) is 0 Å². The summed E-state index contributed by atoms with van der Waals surface area (Å²) in [6, 6.07) is 8.85. The summed E-state index contributed by atoms with van der Waals surface area (Å²) < 4.78 is 28.8. The average Bonchev–Trinajstić information content (AvgIpc) is 2.98. The zero-order valence-corrected chi connectivity index (χ0v) is 13.7. The van der Waals surface area contributed by atoms with Crippen LogP contribution < -0.4 is 5.32 Å². The van der Waals surface area contributed by atoms with Gasteiger partial charge < -0.3 is 15.0 Å². The van der Waals surface area contributed by atoms with Crippen LogP contribution in [0.5, 0.6) is 0 Å². The van der Waals surface area contributed by atoms with E-state index in [9.17, 15) is 18.7 Å². The number of carbonyl (C=O) groups is 1. The highest BCUT2D eigenvalue weighted by Gasteiger charge is 2.57. The van der Waals surface area contributed by atoms with E-state index in [1.54, 1.807) is 12.1 Å². The van der Waals surface area contributed by atoms with Gasteiger partial charge in [-0.05, 0) is 30.3 Å². The predicted octanol–water partition coefficient (Wildman–Crippen LogP) is 3.13. The van der Waals surface area contributed by atoms with E-state index in [1.807, 2.05) is 35.2 Å². The molecule has 0 bridgehead atoms. The van der Waals surface area contributed by atoms with Gasteiger partial charge in [0.2, 0.25) is 0 Å². The van der Waals surface area contributed by atoms with Crippen LogP contribution in [0, 0.1) is 0 Å². The lowest BCUT2D eigenvalue weighted by Crippen LogP contribution is -2.64. The minimum atomic E-state index is -2.83. The van der Waals surface area contributed by atoms with Crippen LogP contribution >= 0.6 is 15.9 Å². The maximum absolute atomic E-state index is 13.1. The Hall–Kier alpha value is -1.73. The maximum Gasteiger partial charge on any atom is 0.252 e. The second-order valence-corrected chi connectivity index (χ2v) is 6.81. The molecule has 1 heterocycles. The number of aromatic nitrogens is 1. The fraction of sp³-hybridized carbons (Fsp3) is 0.312. The number of hydrogen-bond donors (Lipinski definition) is 2. The van der Waals surface area contributed by atoms with E-state index in [0.717, 1.165) is 5.69 Å². The van der Waals surface area contributed by atoms with Gasteiger partial charge in [-0.25, -0.2) is 8.78 Å². The molecule has 1 aromatic carbocycles. The van der Waals surface area contributed by atoms with Gasteiger partial charge in [0.05, 0.1) is 12.1 Å². The topological polar surface area (TPSA) is 54.3 Å². The number of carbonyl (C=O) groups excluding carboxylic acids is 1. The molecule has 1 amide bonds. The Balaban J connectivity index is 1.83. The molecule has 0 atom stereocenters. The molecule has 0 aliphatic heterocycles. The fourth-order valence-electron chi connectivity index (χ4n) is 2.85. The van der Waals surface area contributed by atoms with Crippen LogP contribution in [0.15, 0.2) is 47.2 Å². The van der Waals surface area contributed by atoms with Crippen molar-refractivity contribution >= 4 is 21.8 Å². The second-order valence-electron chi connectivity index (χ2n) is 5.89. The molecule has 0 radical (unpaired) electrons. The molecule has 122 valence electrons. The number of aliphatic hydroxyl groups is 1. The Morgan fingerprint density at radius 2 is 1.91 bits per heavy atom. The molecule has 2 aromatic rings. The highest BCUT2D eigenvalue weighted by Crippen LogP contribution is 2.45. The van der Waals surface area contributed by atoms with Crippen molar-refractivity contribution in [2.45, 2.75) is 24.3 Å². The van der Waals surface area contributed by atoms with Gasteiger partial charge in [-0.2, -0.15) is 0 Å². The van der Waals surface area contributed by atoms with E-state index in [0.29, 0.717) is 10.0 Å². The number of nitrogens with one attached hydrogen (secondary N) is 1. The lowest BCUT2D eigenvalue weighted by atomic mass is 9.73. The van der Waals surface area contributed by atoms with Crippen molar-refractivity contribution in [2.24, 2.45) is 0 Å². The van der Waals surface area contributed by atoms with Gasteiger partial charge in [0.25, 0.3) is 11.8 Å². The number of aliphatic hydroxyl groups excluding tert-OH is 1. The van der Waals surface area contributed by atoms with Gasteiger partial charge in [0, 0.05) is 41.0 Å². The standard InChI is InChI=1S/C16H15BrF2N2O2/c17-12-5-11(6-13(7-12)21-3-1-2-4-21)14(23)20-15(10-22)8-16(18,19)9-15/h1-7,22H,8-10H2,(H,20,23). The molecular weight excluding hydrogens is 370 g/mol. The second kappa shape index (κ2) is 5.72. The zero-order valence-electron chi connectivity index (χ0n) is 12.1. The van der Waals surface area contributed by atoms with Crippen molar-refractivity contribution in [3.8, 4) is 5.69 Å². The summed E-state index contributed by atoms with van der Waals surface area (Å²) in [5.74, 6) is -3.31. The van der Waals surface area contributed by atoms with Crippen LogP contribution in [-0.4, -0.2) is 33.6 Å². The number of amides is 1. The molecule has 7 heteroatoms. The third-order valence-electron chi connectivity index (χ3n) is 3.92. The van der Waals surface area contributed by atoms with Crippen molar-refractivity contribution in [2.75, 3.05) is 6.61 Å². The molecule has 1 fully saturated rings. The van der Waals surface area contributed by atoms with Gasteiger partial charge >= 0.3 is 0 Å². The predicted molar refractivity (Wildman–Crippen MR) is 84.9 cm³/mol. The van der Waals surface area contributed by atoms with Gasteiger partial charge in [-0.1, -0.05) is 15.9 Å². The van der Waals surface area contributed by atoms with E-state index in [1.165, 1.54) is 0 Å².